The van der Waals surface area contributed by atoms with E-state index in [-0.39, 0.29) is 30.2 Å². The number of aromatic hydroxyl groups is 1. The van der Waals surface area contributed by atoms with Gasteiger partial charge in [0.25, 0.3) is 5.91 Å². The maximum atomic E-state index is 12.6. The highest BCUT2D eigenvalue weighted by atomic mass is 16.3. The van der Waals surface area contributed by atoms with E-state index in [4.69, 9.17) is 0 Å². The number of hydrogen-bond donors (Lipinski definition) is 2. The maximum Gasteiger partial charge on any atom is 0.257 e. The van der Waals surface area contributed by atoms with Crippen LogP contribution in [0.2, 0.25) is 0 Å². The summed E-state index contributed by atoms with van der Waals surface area (Å²) in [6, 6.07) is 5.47. The Morgan fingerprint density at radius 2 is 2.15 bits per heavy atom. The van der Waals surface area contributed by atoms with Crippen molar-refractivity contribution in [3.63, 3.8) is 0 Å². The Kier molecular flexibility index (Phi) is 4.65. The number of aliphatic hydroxyl groups excluding tert-OH is 1. The minimum Gasteiger partial charge on any atom is -0.507 e. The van der Waals surface area contributed by atoms with Gasteiger partial charge in [0.1, 0.15) is 5.75 Å². The number of amides is 1. The topological polar surface area (TPSA) is 60.8 Å². The van der Waals surface area contributed by atoms with Gasteiger partial charge in [-0.15, -0.1) is 0 Å². The fraction of sp³-hybridized carbons (Fsp3) is 0.562. The molecule has 0 bridgehead atoms. The van der Waals surface area contributed by atoms with Gasteiger partial charge < -0.3 is 15.1 Å². The summed E-state index contributed by atoms with van der Waals surface area (Å²) in [6.45, 7) is 4.64. The normalized spacial score (nSPS) is 22.9. The molecule has 0 aliphatic carbocycles. The molecule has 2 N–H and O–H groups in total. The van der Waals surface area contributed by atoms with E-state index < -0.39 is 0 Å². The number of rotatable bonds is 3. The molecular formula is C16H23NO3. The van der Waals surface area contributed by atoms with Crippen LogP contribution in [0.1, 0.15) is 42.6 Å². The molecule has 1 aromatic carbocycles. The Labute approximate surface area is 120 Å². The molecule has 0 radical (unpaired) electrons. The Hall–Kier alpha value is -1.55. The number of nitrogens with zero attached hydrogens (tertiary/aromatic N) is 1. The number of carbonyl (C=O) groups excluding carboxylic acids is 1. The zero-order valence-electron chi connectivity index (χ0n) is 12.2. The largest absolute Gasteiger partial charge is 0.507 e. The highest BCUT2D eigenvalue weighted by Gasteiger charge is 2.30. The lowest BCUT2D eigenvalue weighted by Gasteiger charge is -2.37. The highest BCUT2D eigenvalue weighted by molar-refractivity contribution is 5.97. The second kappa shape index (κ2) is 6.27. The van der Waals surface area contributed by atoms with Crippen LogP contribution >= 0.6 is 0 Å². The molecule has 20 heavy (non-hydrogen) atoms. The molecule has 4 nitrogen and oxygen atoms in total. The van der Waals surface area contributed by atoms with Crippen LogP contribution in [0.3, 0.4) is 0 Å². The summed E-state index contributed by atoms with van der Waals surface area (Å²) in [5, 5.41) is 19.5. The molecule has 0 aromatic heterocycles. The number of aliphatic hydroxyl groups is 1. The second-order valence-electron chi connectivity index (χ2n) is 5.60. The molecule has 0 spiro atoms. The van der Waals surface area contributed by atoms with Crippen molar-refractivity contribution in [1.82, 2.24) is 4.90 Å². The lowest BCUT2D eigenvalue weighted by molar-refractivity contribution is 0.0486. The Morgan fingerprint density at radius 1 is 1.40 bits per heavy atom. The van der Waals surface area contributed by atoms with Gasteiger partial charge in [0.05, 0.1) is 5.56 Å². The third-order valence-electron chi connectivity index (χ3n) is 4.23. The second-order valence-corrected chi connectivity index (χ2v) is 5.60. The van der Waals surface area contributed by atoms with E-state index in [1.54, 1.807) is 11.0 Å². The maximum absolute atomic E-state index is 12.6. The van der Waals surface area contributed by atoms with Crippen molar-refractivity contribution in [3.05, 3.63) is 29.3 Å². The first kappa shape index (κ1) is 14.9. The highest BCUT2D eigenvalue weighted by Crippen LogP contribution is 2.28. The fourth-order valence-corrected chi connectivity index (χ4v) is 2.82. The molecule has 2 unspecified atom stereocenters. The van der Waals surface area contributed by atoms with Gasteiger partial charge in [-0.1, -0.05) is 19.1 Å². The number of benzene rings is 1. The SMILES string of the molecule is CCc1cccc(C(=O)N2CC(CO)CCC2C)c1O. The zero-order valence-corrected chi connectivity index (χ0v) is 12.2. The summed E-state index contributed by atoms with van der Waals surface area (Å²) in [6.07, 6.45) is 2.54. The number of carbonyl (C=O) groups is 1. The quantitative estimate of drug-likeness (QED) is 0.890. The van der Waals surface area contributed by atoms with Crippen LogP contribution in [-0.4, -0.2) is 40.2 Å². The first-order valence-electron chi connectivity index (χ1n) is 7.31. The van der Waals surface area contributed by atoms with Crippen LogP contribution in [-0.2, 0) is 6.42 Å². The molecular weight excluding hydrogens is 254 g/mol. The number of aryl methyl sites for hydroxylation is 1. The van der Waals surface area contributed by atoms with Gasteiger partial charge in [0.15, 0.2) is 0 Å². The van der Waals surface area contributed by atoms with Crippen LogP contribution < -0.4 is 0 Å². The van der Waals surface area contributed by atoms with Gasteiger partial charge >= 0.3 is 0 Å². The van der Waals surface area contributed by atoms with Crippen molar-refractivity contribution in [1.29, 1.82) is 0 Å². The van der Waals surface area contributed by atoms with E-state index in [9.17, 15) is 15.0 Å². The first-order chi connectivity index (χ1) is 9.58. The van der Waals surface area contributed by atoms with Crippen LogP contribution in [0.15, 0.2) is 18.2 Å². The summed E-state index contributed by atoms with van der Waals surface area (Å²) in [5.41, 5.74) is 1.16. The lowest BCUT2D eigenvalue weighted by atomic mass is 9.93. The number of likely N-dealkylation sites (tertiary alicyclic amines) is 1. The van der Waals surface area contributed by atoms with E-state index in [1.165, 1.54) is 0 Å². The third-order valence-corrected chi connectivity index (χ3v) is 4.23. The monoisotopic (exact) mass is 277 g/mol. The van der Waals surface area contributed by atoms with Crippen LogP contribution in [0, 0.1) is 5.92 Å². The van der Waals surface area contributed by atoms with Crippen LogP contribution in [0.5, 0.6) is 5.75 Å². The number of phenolic OH excluding ortho intramolecular Hbond substituents is 1. The molecule has 1 saturated heterocycles. The molecule has 1 aromatic rings. The van der Waals surface area contributed by atoms with Gasteiger partial charge in [-0.25, -0.2) is 0 Å². The molecule has 1 fully saturated rings. The van der Waals surface area contributed by atoms with E-state index >= 15 is 0 Å². The Bertz CT molecular complexity index is 487. The summed E-state index contributed by atoms with van der Waals surface area (Å²) < 4.78 is 0. The summed E-state index contributed by atoms with van der Waals surface area (Å²) in [7, 11) is 0. The number of para-hydroxylation sites is 1. The van der Waals surface area contributed by atoms with Crippen molar-refractivity contribution in [2.75, 3.05) is 13.2 Å². The smallest absolute Gasteiger partial charge is 0.257 e. The van der Waals surface area contributed by atoms with E-state index in [0.29, 0.717) is 18.5 Å². The summed E-state index contributed by atoms with van der Waals surface area (Å²) in [5.74, 6) is 0.105. The molecule has 110 valence electrons. The van der Waals surface area contributed by atoms with Gasteiger partial charge in [-0.2, -0.15) is 0 Å². The molecule has 1 amide bonds. The van der Waals surface area contributed by atoms with E-state index in [0.717, 1.165) is 18.4 Å². The number of hydrogen-bond acceptors (Lipinski definition) is 3. The van der Waals surface area contributed by atoms with Crippen LogP contribution in [0.4, 0.5) is 0 Å². The molecule has 1 aliphatic heterocycles. The van der Waals surface area contributed by atoms with E-state index in [1.807, 2.05) is 26.0 Å². The molecule has 0 saturated carbocycles. The van der Waals surface area contributed by atoms with Crippen molar-refractivity contribution in [2.24, 2.45) is 5.92 Å². The van der Waals surface area contributed by atoms with Gasteiger partial charge in [-0.3, -0.25) is 4.79 Å². The third kappa shape index (κ3) is 2.80. The van der Waals surface area contributed by atoms with Crippen molar-refractivity contribution >= 4 is 5.91 Å². The standard InChI is InChI=1S/C16H23NO3/c1-3-13-5-4-6-14(15(13)19)16(20)17-9-12(10-18)8-7-11(17)2/h4-6,11-12,18-19H,3,7-10H2,1-2H3. The lowest BCUT2D eigenvalue weighted by Crippen LogP contribution is -2.46. The van der Waals surface area contributed by atoms with Gasteiger partial charge in [0, 0.05) is 19.2 Å². The number of piperidine rings is 1. The Morgan fingerprint density at radius 3 is 2.80 bits per heavy atom. The minimum atomic E-state index is -0.136. The molecule has 4 heteroatoms. The minimum absolute atomic E-state index is 0.0957. The van der Waals surface area contributed by atoms with Gasteiger partial charge in [-0.05, 0) is 43.7 Å². The summed E-state index contributed by atoms with van der Waals surface area (Å²) in [4.78, 5) is 14.4. The first-order valence-corrected chi connectivity index (χ1v) is 7.31. The average Bonchev–Trinajstić information content (AvgIpc) is 2.47. The molecule has 1 aliphatic rings. The van der Waals surface area contributed by atoms with Crippen molar-refractivity contribution in [2.45, 2.75) is 39.2 Å². The number of phenols is 1. The van der Waals surface area contributed by atoms with E-state index in [2.05, 4.69) is 0 Å². The average molecular weight is 277 g/mol. The molecule has 1 heterocycles. The predicted molar refractivity (Wildman–Crippen MR) is 77.8 cm³/mol. The fourth-order valence-electron chi connectivity index (χ4n) is 2.82. The van der Waals surface area contributed by atoms with Gasteiger partial charge in [0.2, 0.25) is 0 Å². The predicted octanol–water partition coefficient (Wildman–Crippen LogP) is 2.19. The summed E-state index contributed by atoms with van der Waals surface area (Å²) >= 11 is 0. The Balaban J connectivity index is 2.26. The molecule has 2 atom stereocenters. The zero-order chi connectivity index (χ0) is 14.7. The van der Waals surface area contributed by atoms with Crippen molar-refractivity contribution in [3.8, 4) is 5.75 Å². The van der Waals surface area contributed by atoms with Crippen molar-refractivity contribution < 1.29 is 15.0 Å². The van der Waals surface area contributed by atoms with Crippen LogP contribution in [0.25, 0.3) is 0 Å². The molecule has 2 rings (SSSR count).